The topological polar surface area (TPSA) is 86.7 Å². The third-order valence-corrected chi connectivity index (χ3v) is 3.93. The van der Waals surface area contributed by atoms with E-state index in [-0.39, 0.29) is 12.3 Å². The van der Waals surface area contributed by atoms with Crippen LogP contribution < -0.4 is 4.72 Å². The highest BCUT2D eigenvalue weighted by molar-refractivity contribution is 7.87. The van der Waals surface area contributed by atoms with Crippen LogP contribution in [0.15, 0.2) is 0 Å². The summed E-state index contributed by atoms with van der Waals surface area (Å²) in [6, 6.07) is -0.477. The van der Waals surface area contributed by atoms with E-state index in [1.165, 1.54) is 14.1 Å². The van der Waals surface area contributed by atoms with Gasteiger partial charge in [0.05, 0.1) is 6.42 Å². The van der Waals surface area contributed by atoms with Gasteiger partial charge in [-0.05, 0) is 18.8 Å². The second-order valence-electron chi connectivity index (χ2n) is 3.95. The van der Waals surface area contributed by atoms with Crippen LogP contribution in [0.4, 0.5) is 0 Å². The van der Waals surface area contributed by atoms with Gasteiger partial charge in [0.2, 0.25) is 0 Å². The number of hydrogen-bond donors (Lipinski definition) is 2. The molecule has 0 heterocycles. The van der Waals surface area contributed by atoms with Crippen molar-refractivity contribution in [1.82, 2.24) is 9.03 Å². The van der Waals surface area contributed by atoms with E-state index in [2.05, 4.69) is 4.72 Å². The summed E-state index contributed by atoms with van der Waals surface area (Å²) < 4.78 is 26.4. The van der Waals surface area contributed by atoms with Crippen molar-refractivity contribution in [3.63, 3.8) is 0 Å². The third kappa shape index (κ3) is 3.77. The van der Waals surface area contributed by atoms with E-state index in [0.29, 0.717) is 0 Å². The maximum Gasteiger partial charge on any atom is 0.304 e. The van der Waals surface area contributed by atoms with Crippen molar-refractivity contribution in [1.29, 1.82) is 0 Å². The Morgan fingerprint density at radius 3 is 2.40 bits per heavy atom. The molecule has 2 N–H and O–H groups in total. The average Bonchev–Trinajstić information content (AvgIpc) is 2.82. The maximum atomic E-state index is 11.5. The molecule has 0 saturated heterocycles. The summed E-state index contributed by atoms with van der Waals surface area (Å²) >= 11 is 0. The molecule has 6 nitrogen and oxygen atoms in total. The van der Waals surface area contributed by atoms with Gasteiger partial charge in [-0.25, -0.2) is 0 Å². The predicted octanol–water partition coefficient (Wildman–Crippen LogP) is -0.364. The Morgan fingerprint density at radius 2 is 2.07 bits per heavy atom. The van der Waals surface area contributed by atoms with E-state index in [1.54, 1.807) is 0 Å². The number of carboxylic acids is 1. The lowest BCUT2D eigenvalue weighted by atomic mass is 10.1. The number of nitrogens with one attached hydrogen (secondary N) is 1. The van der Waals surface area contributed by atoms with Crippen LogP contribution in [0.5, 0.6) is 0 Å². The van der Waals surface area contributed by atoms with Crippen LogP contribution in [-0.2, 0) is 15.0 Å². The molecule has 0 bridgehead atoms. The zero-order valence-electron chi connectivity index (χ0n) is 8.80. The fraction of sp³-hybridized carbons (Fsp3) is 0.875. The van der Waals surface area contributed by atoms with Gasteiger partial charge in [-0.15, -0.1) is 0 Å². The monoisotopic (exact) mass is 236 g/mol. The molecule has 7 heteroatoms. The maximum absolute atomic E-state index is 11.5. The summed E-state index contributed by atoms with van der Waals surface area (Å²) in [6.45, 7) is 0. The third-order valence-electron chi connectivity index (χ3n) is 2.37. The van der Waals surface area contributed by atoms with E-state index in [4.69, 9.17) is 5.11 Å². The predicted molar refractivity (Wildman–Crippen MR) is 54.5 cm³/mol. The molecular weight excluding hydrogens is 220 g/mol. The SMILES string of the molecule is CN(C)S(=O)(=O)NC(CC(=O)O)C1CC1. The Hall–Kier alpha value is -0.660. The number of aliphatic carboxylic acids is 1. The Bertz CT molecular complexity index is 335. The van der Waals surface area contributed by atoms with E-state index >= 15 is 0 Å². The molecule has 1 aliphatic rings. The molecular formula is C8H16N2O4S. The highest BCUT2D eigenvalue weighted by atomic mass is 32.2. The number of rotatable bonds is 6. The largest absolute Gasteiger partial charge is 0.481 e. The summed E-state index contributed by atoms with van der Waals surface area (Å²) in [5.41, 5.74) is 0. The summed E-state index contributed by atoms with van der Waals surface area (Å²) in [6.07, 6.45) is 1.64. The normalized spacial score (nSPS) is 19.1. The van der Waals surface area contributed by atoms with E-state index in [9.17, 15) is 13.2 Å². The van der Waals surface area contributed by atoms with E-state index in [1.807, 2.05) is 0 Å². The molecule has 0 aromatic heterocycles. The summed E-state index contributed by atoms with van der Waals surface area (Å²) in [4.78, 5) is 10.5. The standard InChI is InChI=1S/C8H16N2O4S/c1-10(2)15(13,14)9-7(5-8(11)12)6-3-4-6/h6-7,9H,3-5H2,1-2H3,(H,11,12). The number of carbonyl (C=O) groups is 1. The molecule has 0 amide bonds. The van der Waals surface area contributed by atoms with Gasteiger partial charge in [0, 0.05) is 20.1 Å². The molecule has 1 saturated carbocycles. The Balaban J connectivity index is 2.62. The van der Waals surface area contributed by atoms with Crippen LogP contribution >= 0.6 is 0 Å². The van der Waals surface area contributed by atoms with Gasteiger partial charge in [0.15, 0.2) is 0 Å². The van der Waals surface area contributed by atoms with Crippen molar-refractivity contribution in [3.05, 3.63) is 0 Å². The lowest BCUT2D eigenvalue weighted by Gasteiger charge is -2.19. The lowest BCUT2D eigenvalue weighted by molar-refractivity contribution is -0.137. The molecule has 1 rings (SSSR count). The molecule has 1 aliphatic carbocycles. The second-order valence-corrected chi connectivity index (χ2v) is 5.86. The van der Waals surface area contributed by atoms with Crippen molar-refractivity contribution < 1.29 is 18.3 Å². The minimum absolute atomic E-state index is 0.155. The summed E-state index contributed by atoms with van der Waals surface area (Å²) in [5, 5.41) is 8.65. The quantitative estimate of drug-likeness (QED) is 0.659. The van der Waals surface area contributed by atoms with Gasteiger partial charge >= 0.3 is 5.97 Å². The highest BCUT2D eigenvalue weighted by Crippen LogP contribution is 2.34. The van der Waals surface area contributed by atoms with Crippen molar-refractivity contribution in [2.24, 2.45) is 5.92 Å². The van der Waals surface area contributed by atoms with Crippen LogP contribution in [-0.4, -0.2) is 43.9 Å². The van der Waals surface area contributed by atoms with Crippen LogP contribution in [0.3, 0.4) is 0 Å². The first-order valence-corrected chi connectivity index (χ1v) is 6.18. The van der Waals surface area contributed by atoms with Crippen LogP contribution in [0, 0.1) is 5.92 Å². The molecule has 0 aromatic rings. The van der Waals surface area contributed by atoms with Gasteiger partial charge in [-0.2, -0.15) is 17.4 Å². The molecule has 0 aromatic carbocycles. The fourth-order valence-corrected chi connectivity index (χ4v) is 2.16. The van der Waals surface area contributed by atoms with Gasteiger partial charge in [0.25, 0.3) is 10.2 Å². The van der Waals surface area contributed by atoms with Crippen molar-refractivity contribution in [2.75, 3.05) is 14.1 Å². The zero-order valence-corrected chi connectivity index (χ0v) is 9.62. The molecule has 1 atom stereocenters. The van der Waals surface area contributed by atoms with Crippen molar-refractivity contribution >= 4 is 16.2 Å². The smallest absolute Gasteiger partial charge is 0.304 e. The Labute approximate surface area is 89.4 Å². The minimum atomic E-state index is -3.53. The Morgan fingerprint density at radius 1 is 1.53 bits per heavy atom. The first-order chi connectivity index (χ1) is 6.83. The number of nitrogens with zero attached hydrogens (tertiary/aromatic N) is 1. The first kappa shape index (κ1) is 12.4. The molecule has 0 spiro atoms. The van der Waals surface area contributed by atoms with Gasteiger partial charge in [-0.3, -0.25) is 4.79 Å². The van der Waals surface area contributed by atoms with Crippen molar-refractivity contribution in [3.8, 4) is 0 Å². The fourth-order valence-electron chi connectivity index (χ4n) is 1.29. The second kappa shape index (κ2) is 4.46. The van der Waals surface area contributed by atoms with Crippen LogP contribution in [0.1, 0.15) is 19.3 Å². The molecule has 0 radical (unpaired) electrons. The van der Waals surface area contributed by atoms with E-state index in [0.717, 1.165) is 17.1 Å². The molecule has 88 valence electrons. The average molecular weight is 236 g/mol. The Kier molecular flexibility index (Phi) is 3.69. The molecule has 15 heavy (non-hydrogen) atoms. The molecule has 1 fully saturated rings. The van der Waals surface area contributed by atoms with Gasteiger partial charge in [0.1, 0.15) is 0 Å². The summed E-state index contributed by atoms with van der Waals surface area (Å²) in [7, 11) is -0.708. The number of hydrogen-bond acceptors (Lipinski definition) is 3. The van der Waals surface area contributed by atoms with Gasteiger partial charge in [-0.1, -0.05) is 0 Å². The van der Waals surface area contributed by atoms with Crippen molar-refractivity contribution in [2.45, 2.75) is 25.3 Å². The van der Waals surface area contributed by atoms with Crippen LogP contribution in [0.25, 0.3) is 0 Å². The molecule has 0 aliphatic heterocycles. The highest BCUT2D eigenvalue weighted by Gasteiger charge is 2.35. The van der Waals surface area contributed by atoms with Gasteiger partial charge < -0.3 is 5.11 Å². The minimum Gasteiger partial charge on any atom is -0.481 e. The van der Waals surface area contributed by atoms with Crippen LogP contribution in [0.2, 0.25) is 0 Å². The number of carboxylic acid groups (broad SMARTS) is 1. The van der Waals surface area contributed by atoms with E-state index < -0.39 is 22.2 Å². The zero-order chi connectivity index (χ0) is 11.6. The molecule has 1 unspecified atom stereocenters. The summed E-state index contributed by atoms with van der Waals surface area (Å²) in [5.74, 6) is -0.802. The first-order valence-electron chi connectivity index (χ1n) is 4.74. The lowest BCUT2D eigenvalue weighted by Crippen LogP contribution is -2.44.